The van der Waals surface area contributed by atoms with Crippen molar-refractivity contribution in [2.24, 2.45) is 5.92 Å². The summed E-state index contributed by atoms with van der Waals surface area (Å²) in [5.41, 5.74) is -0.268. The lowest BCUT2D eigenvalue weighted by atomic mass is 9.94. The quantitative estimate of drug-likeness (QED) is 0.777. The maximum absolute atomic E-state index is 11.2. The molecule has 2 aliphatic heterocycles. The van der Waals surface area contributed by atoms with Crippen LogP contribution in [0.4, 0.5) is 4.79 Å². The first-order valence-corrected chi connectivity index (χ1v) is 6.16. The Kier molecular flexibility index (Phi) is 2.86. The van der Waals surface area contributed by atoms with E-state index >= 15 is 0 Å². The largest absolute Gasteiger partial charge is 0.440 e. The zero-order chi connectivity index (χ0) is 11.9. The Hall–Kier alpha value is -0.770. The maximum Gasteiger partial charge on any atom is 0.407 e. The summed E-state index contributed by atoms with van der Waals surface area (Å²) in [5.74, 6) is 0.598. The van der Waals surface area contributed by atoms with Crippen LogP contribution < -0.4 is 5.32 Å². The summed E-state index contributed by atoms with van der Waals surface area (Å²) in [5, 5.41) is 2.78. The van der Waals surface area contributed by atoms with Crippen molar-refractivity contribution in [2.75, 3.05) is 13.1 Å². The van der Waals surface area contributed by atoms with Gasteiger partial charge in [0.05, 0.1) is 6.54 Å². The standard InChI is InChI=1S/C12H22N2O2/c1-8(2)10-5-12(6-13-11(15)16-12)7-14(10)9(3)4/h8-10H,5-7H2,1-4H3,(H,13,15). The highest BCUT2D eigenvalue weighted by Gasteiger charge is 2.51. The van der Waals surface area contributed by atoms with Crippen LogP contribution in [0, 0.1) is 5.92 Å². The normalized spacial score (nSPS) is 35.1. The Morgan fingerprint density at radius 3 is 2.50 bits per heavy atom. The van der Waals surface area contributed by atoms with E-state index in [1.165, 1.54) is 0 Å². The minimum Gasteiger partial charge on any atom is -0.440 e. The van der Waals surface area contributed by atoms with Crippen LogP contribution >= 0.6 is 0 Å². The number of likely N-dealkylation sites (tertiary alicyclic amines) is 1. The van der Waals surface area contributed by atoms with Crippen molar-refractivity contribution in [1.82, 2.24) is 10.2 Å². The van der Waals surface area contributed by atoms with Gasteiger partial charge in [-0.2, -0.15) is 0 Å². The lowest BCUT2D eigenvalue weighted by molar-refractivity contribution is 0.0603. The Morgan fingerprint density at radius 1 is 1.44 bits per heavy atom. The van der Waals surface area contributed by atoms with Gasteiger partial charge in [0.1, 0.15) is 5.60 Å². The average molecular weight is 226 g/mol. The van der Waals surface area contributed by atoms with Crippen molar-refractivity contribution in [2.45, 2.75) is 51.8 Å². The molecule has 0 bridgehead atoms. The van der Waals surface area contributed by atoms with E-state index in [2.05, 4.69) is 37.9 Å². The maximum atomic E-state index is 11.2. The van der Waals surface area contributed by atoms with Crippen molar-refractivity contribution in [3.8, 4) is 0 Å². The van der Waals surface area contributed by atoms with Crippen molar-refractivity contribution in [1.29, 1.82) is 0 Å². The van der Waals surface area contributed by atoms with E-state index in [0.29, 0.717) is 24.5 Å². The van der Waals surface area contributed by atoms with E-state index in [1.54, 1.807) is 0 Å². The highest BCUT2D eigenvalue weighted by atomic mass is 16.6. The number of carbonyl (C=O) groups excluding carboxylic acids is 1. The first kappa shape index (κ1) is 11.7. The average Bonchev–Trinajstić information content (AvgIpc) is 2.72. The third-order valence-electron chi connectivity index (χ3n) is 3.77. The zero-order valence-electron chi connectivity index (χ0n) is 10.6. The summed E-state index contributed by atoms with van der Waals surface area (Å²) in [6.45, 7) is 10.4. The van der Waals surface area contributed by atoms with E-state index in [4.69, 9.17) is 4.74 Å². The number of alkyl carbamates (subject to hydrolysis) is 1. The lowest BCUT2D eigenvalue weighted by Gasteiger charge is -2.30. The number of ether oxygens (including phenoxy) is 1. The molecule has 0 aromatic carbocycles. The second kappa shape index (κ2) is 3.91. The molecule has 1 N–H and O–H groups in total. The molecule has 2 aliphatic rings. The smallest absolute Gasteiger partial charge is 0.407 e. The van der Waals surface area contributed by atoms with Crippen LogP contribution in [0.3, 0.4) is 0 Å². The molecule has 2 saturated heterocycles. The molecule has 0 saturated carbocycles. The number of carbonyl (C=O) groups is 1. The van der Waals surface area contributed by atoms with Crippen LogP contribution in [0.1, 0.15) is 34.1 Å². The minimum atomic E-state index is -0.268. The molecule has 2 unspecified atom stereocenters. The highest BCUT2D eigenvalue weighted by Crippen LogP contribution is 2.36. The number of hydrogen-bond donors (Lipinski definition) is 1. The van der Waals surface area contributed by atoms with E-state index in [0.717, 1.165) is 13.0 Å². The van der Waals surface area contributed by atoms with Gasteiger partial charge in [-0.15, -0.1) is 0 Å². The van der Waals surface area contributed by atoms with Gasteiger partial charge in [0, 0.05) is 25.0 Å². The lowest BCUT2D eigenvalue weighted by Crippen LogP contribution is -2.41. The summed E-state index contributed by atoms with van der Waals surface area (Å²) < 4.78 is 5.48. The fourth-order valence-electron chi connectivity index (χ4n) is 2.90. The third kappa shape index (κ3) is 1.90. The predicted octanol–water partition coefficient (Wildman–Crippen LogP) is 1.60. The van der Waals surface area contributed by atoms with E-state index in [9.17, 15) is 4.79 Å². The van der Waals surface area contributed by atoms with Gasteiger partial charge in [-0.05, 0) is 19.8 Å². The second-order valence-corrected chi connectivity index (χ2v) is 5.71. The van der Waals surface area contributed by atoms with Crippen molar-refractivity contribution >= 4 is 6.09 Å². The van der Waals surface area contributed by atoms with Crippen LogP contribution in [0.25, 0.3) is 0 Å². The van der Waals surface area contributed by atoms with Crippen molar-refractivity contribution in [3.05, 3.63) is 0 Å². The van der Waals surface area contributed by atoms with Gasteiger partial charge < -0.3 is 10.1 Å². The summed E-state index contributed by atoms with van der Waals surface area (Å²) in [6.07, 6.45) is 0.704. The summed E-state index contributed by atoms with van der Waals surface area (Å²) >= 11 is 0. The first-order valence-electron chi connectivity index (χ1n) is 6.16. The number of nitrogens with zero attached hydrogens (tertiary/aromatic N) is 1. The summed E-state index contributed by atoms with van der Waals surface area (Å²) in [4.78, 5) is 13.7. The van der Waals surface area contributed by atoms with Gasteiger partial charge in [-0.3, -0.25) is 4.90 Å². The van der Waals surface area contributed by atoms with Crippen LogP contribution in [0.5, 0.6) is 0 Å². The fourth-order valence-corrected chi connectivity index (χ4v) is 2.90. The molecule has 0 aromatic heterocycles. The molecule has 2 fully saturated rings. The minimum absolute atomic E-state index is 0.256. The molecule has 0 aliphatic carbocycles. The molecule has 2 heterocycles. The van der Waals surface area contributed by atoms with Gasteiger partial charge in [0.2, 0.25) is 0 Å². The molecule has 0 radical (unpaired) electrons. The van der Waals surface area contributed by atoms with Gasteiger partial charge >= 0.3 is 6.09 Å². The van der Waals surface area contributed by atoms with E-state index < -0.39 is 0 Å². The Balaban J connectivity index is 2.14. The van der Waals surface area contributed by atoms with Crippen LogP contribution in [0.2, 0.25) is 0 Å². The highest BCUT2D eigenvalue weighted by molar-refractivity contribution is 5.70. The fraction of sp³-hybridized carbons (Fsp3) is 0.917. The second-order valence-electron chi connectivity index (χ2n) is 5.71. The van der Waals surface area contributed by atoms with Gasteiger partial charge in [0.25, 0.3) is 0 Å². The molecule has 0 aromatic rings. The first-order chi connectivity index (χ1) is 7.43. The molecule has 2 atom stereocenters. The molecule has 4 heteroatoms. The molecular formula is C12H22N2O2. The Labute approximate surface area is 97.3 Å². The SMILES string of the molecule is CC(C)C1CC2(CNC(=O)O2)CN1C(C)C. The number of nitrogens with one attached hydrogen (secondary N) is 1. The number of hydrogen-bond acceptors (Lipinski definition) is 3. The molecule has 1 amide bonds. The Morgan fingerprint density at radius 2 is 2.12 bits per heavy atom. The topological polar surface area (TPSA) is 41.6 Å². The van der Waals surface area contributed by atoms with E-state index in [-0.39, 0.29) is 11.7 Å². The van der Waals surface area contributed by atoms with Gasteiger partial charge in [0.15, 0.2) is 0 Å². The van der Waals surface area contributed by atoms with Gasteiger partial charge in [-0.25, -0.2) is 4.79 Å². The number of amides is 1. The van der Waals surface area contributed by atoms with Crippen LogP contribution in [-0.2, 0) is 4.74 Å². The molecular weight excluding hydrogens is 204 g/mol. The molecule has 16 heavy (non-hydrogen) atoms. The molecule has 92 valence electrons. The zero-order valence-corrected chi connectivity index (χ0v) is 10.6. The predicted molar refractivity (Wildman–Crippen MR) is 62.3 cm³/mol. The van der Waals surface area contributed by atoms with Crippen LogP contribution in [0.15, 0.2) is 0 Å². The van der Waals surface area contributed by atoms with Crippen LogP contribution in [-0.4, -0.2) is 41.8 Å². The van der Waals surface area contributed by atoms with Crippen molar-refractivity contribution in [3.63, 3.8) is 0 Å². The monoisotopic (exact) mass is 226 g/mol. The third-order valence-corrected chi connectivity index (χ3v) is 3.77. The Bertz CT molecular complexity index is 273. The molecule has 4 nitrogen and oxygen atoms in total. The van der Waals surface area contributed by atoms with Crippen molar-refractivity contribution < 1.29 is 9.53 Å². The summed E-state index contributed by atoms with van der Waals surface area (Å²) in [6, 6.07) is 1.03. The molecule has 1 spiro atoms. The van der Waals surface area contributed by atoms with Gasteiger partial charge in [-0.1, -0.05) is 13.8 Å². The number of rotatable bonds is 2. The summed E-state index contributed by atoms with van der Waals surface area (Å²) in [7, 11) is 0. The molecule has 2 rings (SSSR count). The van der Waals surface area contributed by atoms with E-state index in [1.807, 2.05) is 0 Å².